The van der Waals surface area contributed by atoms with Crippen molar-refractivity contribution < 1.29 is 14.7 Å². The third kappa shape index (κ3) is 7.66. The molecule has 1 aromatic rings. The van der Waals surface area contributed by atoms with Crippen LogP contribution in [0.25, 0.3) is 0 Å². The van der Waals surface area contributed by atoms with Gasteiger partial charge in [-0.1, -0.05) is 28.4 Å². The molecule has 1 heterocycles. The van der Waals surface area contributed by atoms with Gasteiger partial charge in [-0.25, -0.2) is 0 Å². The monoisotopic (exact) mass is 444 g/mol. The Kier molecular flexibility index (Phi) is 8.58. The number of benzene rings is 1. The maximum absolute atomic E-state index is 9.96. The number of hydrogen-bond donors (Lipinski definition) is 3. The molecule has 1 aliphatic rings. The second kappa shape index (κ2) is 10.5. The number of aliphatic imine (C=N–C) groups is 1. The van der Waals surface area contributed by atoms with E-state index in [0.717, 1.165) is 18.9 Å². The molecule has 9 heteroatoms. The Balaban J connectivity index is 1.96. The number of halogens is 2. The van der Waals surface area contributed by atoms with Crippen LogP contribution in [0.1, 0.15) is 40.2 Å². The summed E-state index contributed by atoms with van der Waals surface area (Å²) < 4.78 is 5.89. The minimum Gasteiger partial charge on any atom is -0.480 e. The van der Waals surface area contributed by atoms with E-state index in [1.54, 1.807) is 19.1 Å². The van der Waals surface area contributed by atoms with Crippen molar-refractivity contribution in [2.75, 3.05) is 26.2 Å². The number of nitrogens with one attached hydrogen (secondary N) is 2. The first-order chi connectivity index (χ1) is 13.6. The first-order valence-electron chi connectivity index (χ1n) is 9.61. The molecular weight excluding hydrogens is 415 g/mol. The Labute approximate surface area is 182 Å². The van der Waals surface area contributed by atoms with Crippen LogP contribution < -0.4 is 15.4 Å². The Morgan fingerprint density at radius 2 is 2.00 bits per heavy atom. The lowest BCUT2D eigenvalue weighted by atomic mass is 10.1. The number of amidine groups is 1. The molecule has 0 spiro atoms. The first kappa shape index (κ1) is 23.7. The van der Waals surface area contributed by atoms with Crippen molar-refractivity contribution in [3.05, 3.63) is 27.7 Å². The van der Waals surface area contributed by atoms with Gasteiger partial charge in [0.05, 0.1) is 22.3 Å². The van der Waals surface area contributed by atoms with Gasteiger partial charge >= 0.3 is 0 Å². The van der Waals surface area contributed by atoms with Crippen LogP contribution in [0.3, 0.4) is 0 Å². The number of oxime groups is 1. The summed E-state index contributed by atoms with van der Waals surface area (Å²) in [6, 6.07) is 3.44. The number of nitrogens with zero attached hydrogens (tertiary/aromatic N) is 2. The standard InChI is InChI=1S/C20H30Cl2N4O3/c1-12(26-28-11-15(27)10-25-20(3,4)5)14-8-16(21)18(17(22)9-14)29-13(2)19-23-6-7-24-19/h8-9,13,15,25,27H,6-7,10-11H2,1-5H3,(H,23,24)/b26-12-. The lowest BCUT2D eigenvalue weighted by Crippen LogP contribution is -2.42. The van der Waals surface area contributed by atoms with Gasteiger partial charge in [0.15, 0.2) is 11.9 Å². The number of aliphatic hydroxyl groups excluding tert-OH is 1. The van der Waals surface area contributed by atoms with Gasteiger partial charge in [0.2, 0.25) is 0 Å². The molecule has 0 aromatic heterocycles. The Morgan fingerprint density at radius 1 is 1.34 bits per heavy atom. The fourth-order valence-corrected chi connectivity index (χ4v) is 3.13. The quantitative estimate of drug-likeness (QED) is 0.401. The van der Waals surface area contributed by atoms with Gasteiger partial charge in [0, 0.05) is 24.2 Å². The van der Waals surface area contributed by atoms with E-state index in [9.17, 15) is 5.11 Å². The van der Waals surface area contributed by atoms with Gasteiger partial charge in [-0.05, 0) is 46.8 Å². The minimum absolute atomic E-state index is 0.0740. The summed E-state index contributed by atoms with van der Waals surface area (Å²) in [6.45, 7) is 11.8. The molecule has 0 bridgehead atoms. The zero-order valence-electron chi connectivity index (χ0n) is 17.6. The molecule has 1 aliphatic heterocycles. The van der Waals surface area contributed by atoms with Crippen molar-refractivity contribution in [1.82, 2.24) is 10.6 Å². The summed E-state index contributed by atoms with van der Waals surface area (Å²) in [5.41, 5.74) is 1.22. The lowest BCUT2D eigenvalue weighted by molar-refractivity contribution is 0.0373. The van der Waals surface area contributed by atoms with Crippen LogP contribution in [0.15, 0.2) is 22.3 Å². The fraction of sp³-hybridized carbons (Fsp3) is 0.600. The number of hydrogen-bond acceptors (Lipinski definition) is 7. The van der Waals surface area contributed by atoms with E-state index >= 15 is 0 Å². The van der Waals surface area contributed by atoms with Crippen LogP contribution in [0.5, 0.6) is 5.75 Å². The molecule has 0 radical (unpaired) electrons. The molecule has 3 N–H and O–H groups in total. The third-order valence-corrected chi connectivity index (χ3v) is 4.69. The smallest absolute Gasteiger partial charge is 0.157 e. The van der Waals surface area contributed by atoms with Crippen LogP contribution >= 0.6 is 23.2 Å². The largest absolute Gasteiger partial charge is 0.480 e. The van der Waals surface area contributed by atoms with E-state index in [2.05, 4.69) is 20.8 Å². The molecule has 7 nitrogen and oxygen atoms in total. The van der Waals surface area contributed by atoms with Crippen molar-refractivity contribution in [3.8, 4) is 5.75 Å². The Bertz CT molecular complexity index is 740. The predicted molar refractivity (Wildman–Crippen MR) is 119 cm³/mol. The molecule has 162 valence electrons. The van der Waals surface area contributed by atoms with Gasteiger partial charge in [-0.15, -0.1) is 0 Å². The van der Waals surface area contributed by atoms with Gasteiger partial charge < -0.3 is 25.3 Å². The molecule has 2 unspecified atom stereocenters. The molecule has 2 rings (SSSR count). The van der Waals surface area contributed by atoms with E-state index < -0.39 is 6.10 Å². The molecule has 2 atom stereocenters. The van der Waals surface area contributed by atoms with Crippen LogP contribution in [-0.4, -0.2) is 60.6 Å². The molecule has 0 saturated heterocycles. The molecule has 0 fully saturated rings. The Hall–Kier alpha value is -1.54. The van der Waals surface area contributed by atoms with Crippen LogP contribution in [0.2, 0.25) is 10.0 Å². The highest BCUT2D eigenvalue weighted by Gasteiger charge is 2.19. The van der Waals surface area contributed by atoms with E-state index in [0.29, 0.717) is 33.6 Å². The summed E-state index contributed by atoms with van der Waals surface area (Å²) in [5.74, 6) is 1.19. The summed E-state index contributed by atoms with van der Waals surface area (Å²) in [5, 5.41) is 21.2. The summed E-state index contributed by atoms with van der Waals surface area (Å²) >= 11 is 12.8. The van der Waals surface area contributed by atoms with Crippen molar-refractivity contribution in [3.63, 3.8) is 0 Å². The average Bonchev–Trinajstić information content (AvgIpc) is 3.17. The third-order valence-electron chi connectivity index (χ3n) is 4.13. The molecule has 0 amide bonds. The second-order valence-electron chi connectivity index (χ2n) is 7.98. The van der Waals surface area contributed by atoms with Crippen LogP contribution in [0.4, 0.5) is 0 Å². The topological polar surface area (TPSA) is 87.5 Å². The summed E-state index contributed by atoms with van der Waals surface area (Å²) in [4.78, 5) is 9.62. The molecule has 0 saturated carbocycles. The van der Waals surface area contributed by atoms with E-state index in [1.165, 1.54) is 0 Å². The number of aliphatic hydroxyl groups is 1. The number of rotatable bonds is 9. The van der Waals surface area contributed by atoms with Gasteiger partial charge in [-0.2, -0.15) is 0 Å². The average molecular weight is 445 g/mol. The molecule has 29 heavy (non-hydrogen) atoms. The van der Waals surface area contributed by atoms with Crippen LogP contribution in [0, 0.1) is 0 Å². The van der Waals surface area contributed by atoms with Crippen molar-refractivity contribution in [2.45, 2.75) is 52.4 Å². The molecule has 0 aliphatic carbocycles. The fourth-order valence-electron chi connectivity index (χ4n) is 2.56. The SMILES string of the molecule is C/C(=N/OCC(O)CNC(C)(C)C)c1cc(Cl)c(OC(C)C2=NCCN2)c(Cl)c1. The molecular formula is C20H30Cl2N4O3. The zero-order chi connectivity index (χ0) is 21.6. The zero-order valence-corrected chi connectivity index (χ0v) is 19.1. The number of ether oxygens (including phenoxy) is 1. The highest BCUT2D eigenvalue weighted by atomic mass is 35.5. The number of β-amino-alcohol motifs (C(OH)–C–C–N with tert-alkyl or cyclic N) is 1. The minimum atomic E-state index is -0.665. The van der Waals surface area contributed by atoms with Gasteiger partial charge in [-0.3, -0.25) is 4.99 Å². The van der Waals surface area contributed by atoms with Crippen molar-refractivity contribution in [1.29, 1.82) is 0 Å². The first-order valence-corrected chi connectivity index (χ1v) is 10.4. The highest BCUT2D eigenvalue weighted by Crippen LogP contribution is 2.35. The highest BCUT2D eigenvalue weighted by molar-refractivity contribution is 6.37. The lowest BCUT2D eigenvalue weighted by Gasteiger charge is -2.22. The normalized spacial score (nSPS) is 16.8. The summed E-state index contributed by atoms with van der Waals surface area (Å²) in [6.07, 6.45) is -0.943. The maximum Gasteiger partial charge on any atom is 0.157 e. The van der Waals surface area contributed by atoms with Gasteiger partial charge in [0.25, 0.3) is 0 Å². The van der Waals surface area contributed by atoms with Gasteiger partial charge in [0.1, 0.15) is 18.5 Å². The van der Waals surface area contributed by atoms with Crippen molar-refractivity contribution >= 4 is 34.7 Å². The summed E-state index contributed by atoms with van der Waals surface area (Å²) in [7, 11) is 0. The van der Waals surface area contributed by atoms with E-state index in [4.69, 9.17) is 32.8 Å². The Morgan fingerprint density at radius 3 is 2.55 bits per heavy atom. The molecule has 1 aromatic carbocycles. The maximum atomic E-state index is 9.96. The van der Waals surface area contributed by atoms with E-state index in [1.807, 2.05) is 27.7 Å². The second-order valence-corrected chi connectivity index (χ2v) is 8.79. The van der Waals surface area contributed by atoms with Crippen LogP contribution in [-0.2, 0) is 4.84 Å². The predicted octanol–water partition coefficient (Wildman–Crippen LogP) is 3.25. The van der Waals surface area contributed by atoms with E-state index in [-0.39, 0.29) is 18.2 Å². The van der Waals surface area contributed by atoms with Crippen molar-refractivity contribution in [2.24, 2.45) is 10.1 Å².